The van der Waals surface area contributed by atoms with Crippen LogP contribution in [0.5, 0.6) is 0 Å². The van der Waals surface area contributed by atoms with Gasteiger partial charge in [-0.3, -0.25) is 0 Å². The maximum Gasteiger partial charge on any atom is 0.00795 e. The molecule has 0 spiro atoms. The summed E-state index contributed by atoms with van der Waals surface area (Å²) in [5.74, 6) is 4.32. The van der Waals surface area contributed by atoms with Crippen molar-refractivity contribution in [3.8, 4) is 0 Å². The van der Waals surface area contributed by atoms with Gasteiger partial charge >= 0.3 is 0 Å². The summed E-state index contributed by atoms with van der Waals surface area (Å²) in [5.41, 5.74) is 6.27. The molecule has 2 nitrogen and oxygen atoms in total. The minimum Gasteiger partial charge on any atom is -0.327 e. The Morgan fingerprint density at radius 3 is 3.00 bits per heavy atom. The molecule has 1 saturated carbocycles. The topological polar surface area (TPSA) is 29.3 Å². The SMILES string of the molecule is CC1CCC(N)C(CN2CCCSCC2)C1. The molecule has 1 heterocycles. The summed E-state index contributed by atoms with van der Waals surface area (Å²) < 4.78 is 0. The second kappa shape index (κ2) is 6.27. The first-order chi connectivity index (χ1) is 7.75. The van der Waals surface area contributed by atoms with Gasteiger partial charge in [-0.05, 0) is 49.8 Å². The lowest BCUT2D eigenvalue weighted by molar-refractivity contribution is 0.168. The fourth-order valence-corrected chi connectivity index (χ4v) is 3.97. The van der Waals surface area contributed by atoms with Crippen LogP contribution in [-0.2, 0) is 0 Å². The molecule has 1 saturated heterocycles. The van der Waals surface area contributed by atoms with Crippen LogP contribution in [0.1, 0.15) is 32.6 Å². The van der Waals surface area contributed by atoms with Crippen molar-refractivity contribution in [2.24, 2.45) is 17.6 Å². The first-order valence-electron chi connectivity index (χ1n) is 6.81. The van der Waals surface area contributed by atoms with Crippen molar-refractivity contribution < 1.29 is 0 Å². The van der Waals surface area contributed by atoms with Gasteiger partial charge in [-0.15, -0.1) is 0 Å². The van der Waals surface area contributed by atoms with E-state index in [1.807, 2.05) is 0 Å². The van der Waals surface area contributed by atoms with Crippen LogP contribution in [0.3, 0.4) is 0 Å². The van der Waals surface area contributed by atoms with E-state index in [2.05, 4.69) is 23.6 Å². The number of rotatable bonds is 2. The first-order valence-corrected chi connectivity index (χ1v) is 7.97. The van der Waals surface area contributed by atoms with Gasteiger partial charge in [-0.2, -0.15) is 11.8 Å². The van der Waals surface area contributed by atoms with Crippen molar-refractivity contribution in [1.29, 1.82) is 0 Å². The maximum absolute atomic E-state index is 6.27. The lowest BCUT2D eigenvalue weighted by Crippen LogP contribution is -2.43. The predicted molar refractivity (Wildman–Crippen MR) is 72.9 cm³/mol. The van der Waals surface area contributed by atoms with Crippen LogP contribution in [0.2, 0.25) is 0 Å². The van der Waals surface area contributed by atoms with Gasteiger partial charge in [0.25, 0.3) is 0 Å². The summed E-state index contributed by atoms with van der Waals surface area (Å²) >= 11 is 2.11. The third kappa shape index (κ3) is 3.64. The van der Waals surface area contributed by atoms with E-state index in [1.165, 1.54) is 56.8 Å². The molecule has 0 aromatic heterocycles. The van der Waals surface area contributed by atoms with Gasteiger partial charge in [0.15, 0.2) is 0 Å². The van der Waals surface area contributed by atoms with Crippen LogP contribution in [0, 0.1) is 11.8 Å². The molecule has 2 rings (SSSR count). The van der Waals surface area contributed by atoms with Crippen LogP contribution < -0.4 is 5.73 Å². The lowest BCUT2D eigenvalue weighted by atomic mass is 9.79. The van der Waals surface area contributed by atoms with Gasteiger partial charge in [0, 0.05) is 24.9 Å². The molecule has 1 aliphatic heterocycles. The zero-order valence-corrected chi connectivity index (χ0v) is 11.3. The highest BCUT2D eigenvalue weighted by Crippen LogP contribution is 2.28. The minimum atomic E-state index is 0.465. The molecule has 0 aromatic carbocycles. The van der Waals surface area contributed by atoms with E-state index in [4.69, 9.17) is 5.73 Å². The van der Waals surface area contributed by atoms with E-state index in [9.17, 15) is 0 Å². The summed E-state index contributed by atoms with van der Waals surface area (Å²) in [6, 6.07) is 0.465. The van der Waals surface area contributed by atoms with Crippen molar-refractivity contribution in [1.82, 2.24) is 4.90 Å². The molecule has 94 valence electrons. The van der Waals surface area contributed by atoms with Crippen LogP contribution in [0.15, 0.2) is 0 Å². The highest BCUT2D eigenvalue weighted by molar-refractivity contribution is 7.99. The van der Waals surface area contributed by atoms with E-state index >= 15 is 0 Å². The van der Waals surface area contributed by atoms with Gasteiger partial charge in [-0.25, -0.2) is 0 Å². The van der Waals surface area contributed by atoms with Gasteiger partial charge in [0.2, 0.25) is 0 Å². The van der Waals surface area contributed by atoms with Gasteiger partial charge in [0.1, 0.15) is 0 Å². The van der Waals surface area contributed by atoms with Crippen molar-refractivity contribution in [3.05, 3.63) is 0 Å². The van der Waals surface area contributed by atoms with Crippen molar-refractivity contribution in [2.45, 2.75) is 38.6 Å². The summed E-state index contributed by atoms with van der Waals surface area (Å²) in [6.45, 7) is 6.22. The zero-order chi connectivity index (χ0) is 11.4. The molecular formula is C13H26N2S. The van der Waals surface area contributed by atoms with E-state index in [-0.39, 0.29) is 0 Å². The molecule has 3 atom stereocenters. The Balaban J connectivity index is 1.81. The Hall–Kier alpha value is 0.270. The highest BCUT2D eigenvalue weighted by atomic mass is 32.2. The fourth-order valence-electron chi connectivity index (χ4n) is 3.04. The van der Waals surface area contributed by atoms with E-state index < -0.39 is 0 Å². The molecule has 2 aliphatic rings. The average Bonchev–Trinajstić information content (AvgIpc) is 2.52. The molecule has 16 heavy (non-hydrogen) atoms. The lowest BCUT2D eigenvalue weighted by Gasteiger charge is -2.35. The third-order valence-corrected chi connectivity index (χ3v) is 5.16. The Kier molecular flexibility index (Phi) is 4.98. The standard InChI is InChI=1S/C13H26N2S/c1-11-3-4-13(14)12(9-11)10-15-5-2-7-16-8-6-15/h11-13H,2-10,14H2,1H3. The van der Waals surface area contributed by atoms with Gasteiger partial charge < -0.3 is 10.6 Å². The molecule has 1 aliphatic carbocycles. The molecule has 2 fully saturated rings. The number of nitrogens with zero attached hydrogens (tertiary/aromatic N) is 1. The van der Waals surface area contributed by atoms with Crippen molar-refractivity contribution in [3.63, 3.8) is 0 Å². The molecule has 3 unspecified atom stereocenters. The quantitative estimate of drug-likeness (QED) is 0.805. The van der Waals surface area contributed by atoms with E-state index in [0.717, 1.165) is 11.8 Å². The zero-order valence-electron chi connectivity index (χ0n) is 10.5. The summed E-state index contributed by atoms with van der Waals surface area (Å²) in [5, 5.41) is 0. The van der Waals surface area contributed by atoms with E-state index in [0.29, 0.717) is 6.04 Å². The third-order valence-electron chi connectivity index (χ3n) is 4.11. The van der Waals surface area contributed by atoms with Crippen LogP contribution in [0.4, 0.5) is 0 Å². The Morgan fingerprint density at radius 2 is 2.12 bits per heavy atom. The van der Waals surface area contributed by atoms with Crippen molar-refractivity contribution >= 4 is 11.8 Å². The fraction of sp³-hybridized carbons (Fsp3) is 1.00. The number of nitrogens with two attached hydrogens (primary N) is 1. The normalized spacial score (nSPS) is 38.2. The molecule has 0 amide bonds. The first kappa shape index (κ1) is 12.7. The second-order valence-electron chi connectivity index (χ2n) is 5.61. The smallest absolute Gasteiger partial charge is 0.00795 e. The van der Waals surface area contributed by atoms with Gasteiger partial charge in [0.05, 0.1) is 0 Å². The predicted octanol–water partition coefficient (Wildman–Crippen LogP) is 2.19. The molecule has 2 N–H and O–H groups in total. The molecule has 0 aromatic rings. The number of hydrogen-bond donors (Lipinski definition) is 1. The van der Waals surface area contributed by atoms with Crippen molar-refractivity contribution in [2.75, 3.05) is 31.1 Å². The van der Waals surface area contributed by atoms with Crippen LogP contribution >= 0.6 is 11.8 Å². The summed E-state index contributed by atoms with van der Waals surface area (Å²) in [7, 11) is 0. The largest absolute Gasteiger partial charge is 0.327 e. The number of hydrogen-bond acceptors (Lipinski definition) is 3. The molecular weight excluding hydrogens is 216 g/mol. The summed E-state index contributed by atoms with van der Waals surface area (Å²) in [6.07, 6.45) is 5.30. The minimum absolute atomic E-state index is 0.465. The molecule has 0 radical (unpaired) electrons. The Labute approximate surface area is 104 Å². The van der Waals surface area contributed by atoms with Crippen LogP contribution in [-0.4, -0.2) is 42.1 Å². The molecule has 0 bridgehead atoms. The van der Waals surface area contributed by atoms with E-state index in [1.54, 1.807) is 0 Å². The monoisotopic (exact) mass is 242 g/mol. The molecule has 3 heteroatoms. The Bertz CT molecular complexity index is 202. The average molecular weight is 242 g/mol. The maximum atomic E-state index is 6.27. The number of thioether (sulfide) groups is 1. The van der Waals surface area contributed by atoms with Crippen LogP contribution in [0.25, 0.3) is 0 Å². The summed E-state index contributed by atoms with van der Waals surface area (Å²) in [4.78, 5) is 2.66. The Morgan fingerprint density at radius 1 is 1.25 bits per heavy atom. The van der Waals surface area contributed by atoms with Gasteiger partial charge in [-0.1, -0.05) is 6.92 Å². The second-order valence-corrected chi connectivity index (χ2v) is 6.83. The highest BCUT2D eigenvalue weighted by Gasteiger charge is 2.27.